The van der Waals surface area contributed by atoms with Crippen molar-refractivity contribution >= 4 is 27.6 Å². The molecule has 1 saturated carbocycles. The summed E-state index contributed by atoms with van der Waals surface area (Å²) in [4.78, 5) is 19.9. The second-order valence-electron chi connectivity index (χ2n) is 6.46. The SMILES string of the molecule is O=C(CC1CCCCC1)Nc1ccc(S(=O)(=O)Nc2ncccn2)cc1. The molecule has 0 radical (unpaired) electrons. The van der Waals surface area contributed by atoms with E-state index in [1.807, 2.05) is 0 Å². The highest BCUT2D eigenvalue weighted by Crippen LogP contribution is 2.26. The smallest absolute Gasteiger partial charge is 0.264 e. The summed E-state index contributed by atoms with van der Waals surface area (Å²) in [6.45, 7) is 0. The maximum atomic E-state index is 12.3. The summed E-state index contributed by atoms with van der Waals surface area (Å²) >= 11 is 0. The van der Waals surface area contributed by atoms with Gasteiger partial charge in [-0.2, -0.15) is 0 Å². The average Bonchev–Trinajstić information content (AvgIpc) is 2.63. The molecule has 0 aliphatic heterocycles. The molecule has 8 heteroatoms. The van der Waals surface area contributed by atoms with Crippen LogP contribution in [-0.2, 0) is 14.8 Å². The van der Waals surface area contributed by atoms with Crippen LogP contribution in [0.1, 0.15) is 38.5 Å². The molecule has 7 nitrogen and oxygen atoms in total. The predicted octanol–water partition coefficient (Wildman–Crippen LogP) is 3.19. The van der Waals surface area contributed by atoms with Crippen LogP contribution in [-0.4, -0.2) is 24.3 Å². The van der Waals surface area contributed by atoms with Crippen LogP contribution in [0.15, 0.2) is 47.6 Å². The molecule has 1 heterocycles. The zero-order chi connectivity index (χ0) is 18.4. The summed E-state index contributed by atoms with van der Waals surface area (Å²) in [5.41, 5.74) is 0.584. The number of carbonyl (C=O) groups is 1. The number of hydrogen-bond acceptors (Lipinski definition) is 5. The maximum Gasteiger partial charge on any atom is 0.264 e. The van der Waals surface area contributed by atoms with Crippen molar-refractivity contribution in [3.63, 3.8) is 0 Å². The number of nitrogens with zero attached hydrogens (tertiary/aromatic N) is 2. The highest BCUT2D eigenvalue weighted by atomic mass is 32.2. The third kappa shape index (κ3) is 5.01. The Balaban J connectivity index is 1.59. The van der Waals surface area contributed by atoms with Crippen LogP contribution in [0.4, 0.5) is 11.6 Å². The zero-order valence-electron chi connectivity index (χ0n) is 14.4. The summed E-state index contributed by atoms with van der Waals surface area (Å²) in [5, 5.41) is 2.84. The van der Waals surface area contributed by atoms with E-state index in [1.54, 1.807) is 18.2 Å². The first-order valence-electron chi connectivity index (χ1n) is 8.73. The molecule has 1 aliphatic carbocycles. The summed E-state index contributed by atoms with van der Waals surface area (Å²) < 4.78 is 27.0. The van der Waals surface area contributed by atoms with Gasteiger partial charge in [-0.3, -0.25) is 4.79 Å². The van der Waals surface area contributed by atoms with Crippen LogP contribution in [0.2, 0.25) is 0 Å². The number of anilines is 2. The molecule has 2 N–H and O–H groups in total. The fraction of sp³-hybridized carbons (Fsp3) is 0.389. The fourth-order valence-electron chi connectivity index (χ4n) is 3.11. The van der Waals surface area contributed by atoms with Gasteiger partial charge in [0.15, 0.2) is 0 Å². The van der Waals surface area contributed by atoms with Crippen molar-refractivity contribution in [2.24, 2.45) is 5.92 Å². The normalized spacial score (nSPS) is 15.4. The monoisotopic (exact) mass is 374 g/mol. The van der Waals surface area contributed by atoms with Gasteiger partial charge in [-0.1, -0.05) is 19.3 Å². The summed E-state index contributed by atoms with van der Waals surface area (Å²) in [5.74, 6) is 0.444. The second kappa shape index (κ2) is 8.27. The van der Waals surface area contributed by atoms with Gasteiger partial charge in [-0.05, 0) is 49.1 Å². The van der Waals surface area contributed by atoms with E-state index in [9.17, 15) is 13.2 Å². The molecule has 0 bridgehead atoms. The first kappa shape index (κ1) is 18.3. The van der Waals surface area contributed by atoms with E-state index in [0.717, 1.165) is 12.8 Å². The Morgan fingerprint density at radius 2 is 1.69 bits per heavy atom. The van der Waals surface area contributed by atoms with E-state index in [1.165, 1.54) is 43.8 Å². The molecular formula is C18H22N4O3S. The van der Waals surface area contributed by atoms with Crippen molar-refractivity contribution < 1.29 is 13.2 Å². The molecular weight excluding hydrogens is 352 g/mol. The first-order chi connectivity index (χ1) is 12.5. The van der Waals surface area contributed by atoms with Gasteiger partial charge >= 0.3 is 0 Å². The van der Waals surface area contributed by atoms with Gasteiger partial charge in [0.2, 0.25) is 11.9 Å². The molecule has 1 fully saturated rings. The molecule has 1 aliphatic rings. The molecule has 0 atom stereocenters. The molecule has 138 valence electrons. The Morgan fingerprint density at radius 1 is 1.04 bits per heavy atom. The predicted molar refractivity (Wildman–Crippen MR) is 99.1 cm³/mol. The van der Waals surface area contributed by atoms with E-state index in [0.29, 0.717) is 18.0 Å². The van der Waals surface area contributed by atoms with E-state index in [4.69, 9.17) is 0 Å². The van der Waals surface area contributed by atoms with Crippen molar-refractivity contribution in [2.45, 2.75) is 43.4 Å². The third-order valence-corrected chi connectivity index (χ3v) is 5.78. The lowest BCUT2D eigenvalue weighted by Gasteiger charge is -2.20. The van der Waals surface area contributed by atoms with Crippen molar-refractivity contribution in [3.8, 4) is 0 Å². The largest absolute Gasteiger partial charge is 0.326 e. The van der Waals surface area contributed by atoms with Crippen molar-refractivity contribution in [3.05, 3.63) is 42.7 Å². The van der Waals surface area contributed by atoms with Crippen molar-refractivity contribution in [1.82, 2.24) is 9.97 Å². The summed E-state index contributed by atoms with van der Waals surface area (Å²) in [7, 11) is -3.77. The molecule has 3 rings (SSSR count). The van der Waals surface area contributed by atoms with Gasteiger partial charge in [0.05, 0.1) is 4.90 Å². The maximum absolute atomic E-state index is 12.3. The zero-order valence-corrected chi connectivity index (χ0v) is 15.2. The van der Waals surface area contributed by atoms with Crippen LogP contribution in [0.5, 0.6) is 0 Å². The highest BCUT2D eigenvalue weighted by Gasteiger charge is 2.18. The second-order valence-corrected chi connectivity index (χ2v) is 8.14. The molecule has 1 aromatic heterocycles. The molecule has 0 spiro atoms. The minimum absolute atomic E-state index is 0.0114. The number of hydrogen-bond donors (Lipinski definition) is 2. The van der Waals surface area contributed by atoms with E-state index in [-0.39, 0.29) is 16.8 Å². The number of carbonyl (C=O) groups excluding carboxylic acids is 1. The Morgan fingerprint density at radius 3 is 2.35 bits per heavy atom. The summed E-state index contributed by atoms with van der Waals surface area (Å²) in [6, 6.07) is 7.66. The molecule has 1 amide bonds. The van der Waals surface area contributed by atoms with Crippen molar-refractivity contribution in [2.75, 3.05) is 10.0 Å². The topological polar surface area (TPSA) is 101 Å². The van der Waals surface area contributed by atoms with Crippen molar-refractivity contribution in [1.29, 1.82) is 0 Å². The van der Waals surface area contributed by atoms with Crippen LogP contribution in [0.25, 0.3) is 0 Å². The average molecular weight is 374 g/mol. The van der Waals surface area contributed by atoms with Crippen LogP contribution < -0.4 is 10.0 Å². The quantitative estimate of drug-likeness (QED) is 0.809. The Kier molecular flexibility index (Phi) is 5.82. The molecule has 26 heavy (non-hydrogen) atoms. The van der Waals surface area contributed by atoms with Gasteiger partial charge in [0.25, 0.3) is 10.0 Å². The number of sulfonamides is 1. The minimum atomic E-state index is -3.77. The van der Waals surface area contributed by atoms with E-state index >= 15 is 0 Å². The Hall–Kier alpha value is -2.48. The molecule has 0 saturated heterocycles. The van der Waals surface area contributed by atoms with Gasteiger partial charge in [-0.25, -0.2) is 23.1 Å². The van der Waals surface area contributed by atoms with Gasteiger partial charge in [0.1, 0.15) is 0 Å². The van der Waals surface area contributed by atoms with E-state index in [2.05, 4.69) is 20.0 Å². The Labute approximate surface area is 153 Å². The fourth-order valence-corrected chi connectivity index (χ4v) is 4.07. The molecule has 2 aromatic rings. The van der Waals surface area contributed by atoms with E-state index < -0.39 is 10.0 Å². The van der Waals surface area contributed by atoms with Gasteiger partial charge in [-0.15, -0.1) is 0 Å². The Bertz CT molecular complexity index is 832. The third-order valence-electron chi connectivity index (χ3n) is 4.44. The van der Waals surface area contributed by atoms with Gasteiger partial charge in [0, 0.05) is 24.5 Å². The molecule has 1 aromatic carbocycles. The lowest BCUT2D eigenvalue weighted by atomic mass is 9.87. The number of benzene rings is 1. The summed E-state index contributed by atoms with van der Waals surface area (Å²) in [6.07, 6.45) is 9.30. The van der Waals surface area contributed by atoms with Gasteiger partial charge < -0.3 is 5.32 Å². The molecule has 0 unspecified atom stereocenters. The first-order valence-corrected chi connectivity index (χ1v) is 10.2. The highest BCUT2D eigenvalue weighted by molar-refractivity contribution is 7.92. The minimum Gasteiger partial charge on any atom is -0.326 e. The van der Waals surface area contributed by atoms with Crippen LogP contribution in [0.3, 0.4) is 0 Å². The number of aromatic nitrogens is 2. The lowest BCUT2D eigenvalue weighted by Crippen LogP contribution is -2.18. The number of nitrogens with one attached hydrogen (secondary N) is 2. The number of rotatable bonds is 6. The number of amides is 1. The van der Waals surface area contributed by atoms with Crippen LogP contribution >= 0.6 is 0 Å². The lowest BCUT2D eigenvalue weighted by molar-refractivity contribution is -0.117. The van der Waals surface area contributed by atoms with Crippen LogP contribution in [0, 0.1) is 5.92 Å². The standard InChI is InChI=1S/C18H22N4O3S/c23-17(13-14-5-2-1-3-6-14)21-15-7-9-16(10-8-15)26(24,25)22-18-19-11-4-12-20-18/h4,7-12,14H,1-3,5-6,13H2,(H,21,23)(H,19,20,22).